The van der Waals surface area contributed by atoms with Crippen LogP contribution in [0.3, 0.4) is 0 Å². The lowest BCUT2D eigenvalue weighted by atomic mass is 9.99. The van der Waals surface area contributed by atoms with Crippen molar-refractivity contribution in [1.82, 2.24) is 0 Å². The van der Waals surface area contributed by atoms with Crippen LogP contribution < -0.4 is 4.74 Å². The van der Waals surface area contributed by atoms with Gasteiger partial charge >= 0.3 is 0 Å². The van der Waals surface area contributed by atoms with Gasteiger partial charge in [0.05, 0.1) is 13.2 Å². The molecule has 1 aromatic carbocycles. The van der Waals surface area contributed by atoms with E-state index in [1.807, 2.05) is 0 Å². The summed E-state index contributed by atoms with van der Waals surface area (Å²) < 4.78 is 21.5. The van der Waals surface area contributed by atoms with Gasteiger partial charge in [-0.3, -0.25) is 10.1 Å². The first-order valence-electron chi connectivity index (χ1n) is 10.0. The minimum atomic E-state index is -1.63. The molecule has 0 bridgehead atoms. The molecule has 6 N–H and O–H groups in total. The molecule has 0 saturated carbocycles. The Labute approximate surface area is 182 Å². The second-order valence-corrected chi connectivity index (χ2v) is 7.67. The Balaban J connectivity index is 1.58. The van der Waals surface area contributed by atoms with E-state index in [1.165, 1.54) is 12.1 Å². The molecule has 0 unspecified atom stereocenters. The molecule has 0 aromatic heterocycles. The first-order chi connectivity index (χ1) is 15.2. The zero-order valence-electron chi connectivity index (χ0n) is 16.9. The minimum absolute atomic E-state index is 0.216. The Hall–Kier alpha value is -1.94. The van der Waals surface area contributed by atoms with Gasteiger partial charge in [0.25, 0.3) is 0 Å². The van der Waals surface area contributed by atoms with Crippen LogP contribution >= 0.6 is 0 Å². The second kappa shape index (κ2) is 10.8. The van der Waals surface area contributed by atoms with Crippen LogP contribution in [0, 0.1) is 10.1 Å². The van der Waals surface area contributed by atoms with Crippen molar-refractivity contribution >= 4 is 0 Å². The van der Waals surface area contributed by atoms with Crippen LogP contribution in [0.4, 0.5) is 0 Å². The number of benzene rings is 1. The summed E-state index contributed by atoms with van der Waals surface area (Å²) in [6.07, 6.45) is -12.7. The Morgan fingerprint density at radius 1 is 0.938 bits per heavy atom. The second-order valence-electron chi connectivity index (χ2n) is 7.67. The first-order valence-corrected chi connectivity index (χ1v) is 10.0. The van der Waals surface area contributed by atoms with Gasteiger partial charge in [0.1, 0.15) is 48.5 Å². The van der Waals surface area contributed by atoms with Gasteiger partial charge in [0, 0.05) is 11.3 Å². The zero-order chi connectivity index (χ0) is 23.4. The standard InChI is InChI=1S/C19H27NO12/c21-11-7-29-18(16(25)13(11)22)30-8-12-14(23)15(24)17(26)19(32-12)31-10-3-1-9(2-4-10)5-6-20(27)28/h1-4,11-19,21-26H,5-8H2/t11-,12-,13+,14-,15+,16-,17-,18+,19-/m1/s1. The molecule has 0 spiro atoms. The summed E-state index contributed by atoms with van der Waals surface area (Å²) >= 11 is 0. The predicted molar refractivity (Wildman–Crippen MR) is 103 cm³/mol. The molecule has 2 fully saturated rings. The quantitative estimate of drug-likeness (QED) is 0.171. The molecule has 2 heterocycles. The number of rotatable bonds is 8. The topological polar surface area (TPSA) is 201 Å². The smallest absolute Gasteiger partial charge is 0.229 e. The first kappa shape index (κ1) is 24.7. The molecule has 1 aromatic rings. The predicted octanol–water partition coefficient (Wildman–Crippen LogP) is -2.85. The molecule has 0 amide bonds. The van der Waals surface area contributed by atoms with Gasteiger partial charge in [-0.25, -0.2) is 0 Å². The number of ether oxygens (including phenoxy) is 4. The third-order valence-corrected chi connectivity index (χ3v) is 5.31. The van der Waals surface area contributed by atoms with Gasteiger partial charge < -0.3 is 49.6 Å². The number of aliphatic hydroxyl groups excluding tert-OH is 6. The van der Waals surface area contributed by atoms with E-state index in [0.717, 1.165) is 0 Å². The van der Waals surface area contributed by atoms with E-state index in [1.54, 1.807) is 12.1 Å². The number of aliphatic hydroxyl groups is 6. The van der Waals surface area contributed by atoms with Crippen LogP contribution in [0.1, 0.15) is 5.56 Å². The van der Waals surface area contributed by atoms with Crippen molar-refractivity contribution in [2.24, 2.45) is 0 Å². The van der Waals surface area contributed by atoms with Crippen LogP contribution in [0.5, 0.6) is 5.75 Å². The van der Waals surface area contributed by atoms with Crippen molar-refractivity contribution in [3.8, 4) is 5.75 Å². The Morgan fingerprint density at radius 3 is 2.25 bits per heavy atom. The van der Waals surface area contributed by atoms with Crippen molar-refractivity contribution in [3.05, 3.63) is 39.9 Å². The van der Waals surface area contributed by atoms with Gasteiger partial charge in [0.15, 0.2) is 6.29 Å². The van der Waals surface area contributed by atoms with Crippen molar-refractivity contribution in [2.45, 2.75) is 61.7 Å². The van der Waals surface area contributed by atoms with Gasteiger partial charge in [0.2, 0.25) is 12.8 Å². The SMILES string of the molecule is O=[N+]([O-])CCc1ccc(O[C@@H]2O[C@H](CO[C@@H]3OC[C@@H](O)[C@H](O)[C@H]3O)[C@@H](O)[C@H](O)[C@H]2O)cc1. The molecule has 2 saturated heterocycles. The maximum Gasteiger partial charge on any atom is 0.229 e. The highest BCUT2D eigenvalue weighted by Gasteiger charge is 2.46. The number of hydrogen-bond acceptors (Lipinski definition) is 12. The summed E-state index contributed by atoms with van der Waals surface area (Å²) in [5.41, 5.74) is 0.708. The summed E-state index contributed by atoms with van der Waals surface area (Å²) in [5.74, 6) is 0.255. The Morgan fingerprint density at radius 2 is 1.59 bits per heavy atom. The number of nitrogens with zero attached hydrogens (tertiary/aromatic N) is 1. The van der Waals surface area contributed by atoms with Crippen LogP contribution in [0.2, 0.25) is 0 Å². The molecule has 180 valence electrons. The molecule has 0 radical (unpaired) electrons. The van der Waals surface area contributed by atoms with Crippen molar-refractivity contribution in [3.63, 3.8) is 0 Å². The van der Waals surface area contributed by atoms with Crippen molar-refractivity contribution < 1.29 is 54.5 Å². The molecule has 2 aliphatic rings. The van der Waals surface area contributed by atoms with E-state index in [9.17, 15) is 40.8 Å². The van der Waals surface area contributed by atoms with E-state index >= 15 is 0 Å². The van der Waals surface area contributed by atoms with Crippen LogP contribution in [-0.2, 0) is 20.6 Å². The van der Waals surface area contributed by atoms with Crippen LogP contribution in [-0.4, -0.2) is 111 Å². The van der Waals surface area contributed by atoms with Gasteiger partial charge in [-0.05, 0) is 17.7 Å². The van der Waals surface area contributed by atoms with Crippen LogP contribution in [0.15, 0.2) is 24.3 Å². The van der Waals surface area contributed by atoms with Crippen molar-refractivity contribution in [1.29, 1.82) is 0 Å². The Bertz CT molecular complexity index is 748. The molecule has 2 aliphatic heterocycles. The fourth-order valence-electron chi connectivity index (χ4n) is 3.36. The Kier molecular flexibility index (Phi) is 8.32. The molecule has 13 heteroatoms. The maximum absolute atomic E-state index is 10.5. The largest absolute Gasteiger partial charge is 0.462 e. The van der Waals surface area contributed by atoms with E-state index in [2.05, 4.69) is 0 Å². The van der Waals surface area contributed by atoms with E-state index in [-0.39, 0.29) is 25.3 Å². The molecule has 0 aliphatic carbocycles. The highest BCUT2D eigenvalue weighted by Crippen LogP contribution is 2.26. The summed E-state index contributed by atoms with van der Waals surface area (Å²) in [5, 5.41) is 70.1. The zero-order valence-corrected chi connectivity index (χ0v) is 16.9. The fourth-order valence-corrected chi connectivity index (χ4v) is 3.36. The highest BCUT2D eigenvalue weighted by atomic mass is 16.7. The third kappa shape index (κ3) is 5.89. The van der Waals surface area contributed by atoms with Gasteiger partial charge in [-0.2, -0.15) is 0 Å². The lowest BCUT2D eigenvalue weighted by Crippen LogP contribution is -2.61. The molecule has 13 nitrogen and oxygen atoms in total. The molecule has 32 heavy (non-hydrogen) atoms. The summed E-state index contributed by atoms with van der Waals surface area (Å²) in [6.45, 7) is -0.886. The molecular formula is C19H27NO12. The lowest BCUT2D eigenvalue weighted by molar-refractivity contribution is -0.479. The van der Waals surface area contributed by atoms with E-state index < -0.39 is 66.8 Å². The van der Waals surface area contributed by atoms with E-state index in [4.69, 9.17) is 18.9 Å². The minimum Gasteiger partial charge on any atom is -0.462 e. The molecule has 9 atom stereocenters. The number of hydrogen-bond donors (Lipinski definition) is 6. The van der Waals surface area contributed by atoms with Gasteiger partial charge in [-0.15, -0.1) is 0 Å². The highest BCUT2D eigenvalue weighted by molar-refractivity contribution is 5.27. The fraction of sp³-hybridized carbons (Fsp3) is 0.684. The summed E-state index contributed by atoms with van der Waals surface area (Å²) in [6, 6.07) is 6.27. The maximum atomic E-state index is 10.5. The monoisotopic (exact) mass is 461 g/mol. The van der Waals surface area contributed by atoms with E-state index in [0.29, 0.717) is 5.56 Å². The average Bonchev–Trinajstić information content (AvgIpc) is 2.77. The van der Waals surface area contributed by atoms with Crippen LogP contribution in [0.25, 0.3) is 0 Å². The normalized spacial score (nSPS) is 37.8. The summed E-state index contributed by atoms with van der Waals surface area (Å²) in [7, 11) is 0. The molecular weight excluding hydrogens is 434 g/mol. The van der Waals surface area contributed by atoms with Crippen molar-refractivity contribution in [2.75, 3.05) is 19.8 Å². The molecule has 3 rings (SSSR count). The third-order valence-electron chi connectivity index (χ3n) is 5.31. The van der Waals surface area contributed by atoms with Gasteiger partial charge in [-0.1, -0.05) is 12.1 Å². The lowest BCUT2D eigenvalue weighted by Gasteiger charge is -2.41. The summed E-state index contributed by atoms with van der Waals surface area (Å²) in [4.78, 5) is 10.0. The number of nitro groups is 1. The average molecular weight is 461 g/mol.